The Hall–Kier alpha value is -2.04. The number of nitrogens with two attached hydrogens (primary N) is 1. The molecular formula is C14H19N3O2. The van der Waals surface area contributed by atoms with E-state index in [-0.39, 0.29) is 18.4 Å². The van der Waals surface area contributed by atoms with Crippen LogP contribution < -0.4 is 11.1 Å². The average molecular weight is 261 g/mol. The SMILES string of the molecule is Cc1cc(N)ccc1C(=O)N(C)CC(=O)NC1CC1. The van der Waals surface area contributed by atoms with E-state index >= 15 is 0 Å². The minimum absolute atomic E-state index is 0.0825. The van der Waals surface area contributed by atoms with Crippen molar-refractivity contribution < 1.29 is 9.59 Å². The van der Waals surface area contributed by atoms with Gasteiger partial charge in [-0.2, -0.15) is 0 Å². The topological polar surface area (TPSA) is 75.4 Å². The van der Waals surface area contributed by atoms with E-state index in [1.165, 1.54) is 4.90 Å². The van der Waals surface area contributed by atoms with Crippen LogP contribution in [0.15, 0.2) is 18.2 Å². The predicted octanol–water partition coefficient (Wildman–Crippen LogP) is 0.928. The van der Waals surface area contributed by atoms with E-state index < -0.39 is 0 Å². The van der Waals surface area contributed by atoms with Crippen LogP contribution in [-0.4, -0.2) is 36.3 Å². The fourth-order valence-corrected chi connectivity index (χ4v) is 1.92. The quantitative estimate of drug-likeness (QED) is 0.792. The average Bonchev–Trinajstić information content (AvgIpc) is 3.11. The van der Waals surface area contributed by atoms with Gasteiger partial charge in [0.05, 0.1) is 6.54 Å². The zero-order chi connectivity index (χ0) is 14.0. The van der Waals surface area contributed by atoms with Crippen molar-refractivity contribution in [1.82, 2.24) is 10.2 Å². The lowest BCUT2D eigenvalue weighted by Crippen LogP contribution is -2.39. The zero-order valence-corrected chi connectivity index (χ0v) is 11.3. The number of carbonyl (C=O) groups excluding carboxylic acids is 2. The number of nitrogens with zero attached hydrogens (tertiary/aromatic N) is 1. The fourth-order valence-electron chi connectivity index (χ4n) is 1.92. The molecule has 0 aliphatic heterocycles. The first-order chi connectivity index (χ1) is 8.97. The monoisotopic (exact) mass is 261 g/mol. The first kappa shape index (κ1) is 13.4. The number of hydrogen-bond acceptors (Lipinski definition) is 3. The van der Waals surface area contributed by atoms with Crippen LogP contribution in [0.1, 0.15) is 28.8 Å². The van der Waals surface area contributed by atoms with Crippen LogP contribution in [0.4, 0.5) is 5.69 Å². The standard InChI is InChI=1S/C14H19N3O2/c1-9-7-10(15)3-6-12(9)14(19)17(2)8-13(18)16-11-4-5-11/h3,6-7,11H,4-5,8,15H2,1-2H3,(H,16,18). The number of anilines is 1. The minimum atomic E-state index is -0.163. The molecule has 102 valence electrons. The van der Waals surface area contributed by atoms with Gasteiger partial charge < -0.3 is 16.0 Å². The van der Waals surface area contributed by atoms with E-state index in [9.17, 15) is 9.59 Å². The Kier molecular flexibility index (Phi) is 3.74. The molecular weight excluding hydrogens is 242 g/mol. The Morgan fingerprint density at radius 2 is 2.11 bits per heavy atom. The summed E-state index contributed by atoms with van der Waals surface area (Å²) >= 11 is 0. The van der Waals surface area contributed by atoms with E-state index in [1.807, 2.05) is 6.92 Å². The van der Waals surface area contributed by atoms with Gasteiger partial charge in [0.25, 0.3) is 5.91 Å². The van der Waals surface area contributed by atoms with Gasteiger partial charge in [0.15, 0.2) is 0 Å². The van der Waals surface area contributed by atoms with Crippen molar-refractivity contribution in [3.63, 3.8) is 0 Å². The molecule has 3 N–H and O–H groups in total. The van der Waals surface area contributed by atoms with E-state index in [0.717, 1.165) is 18.4 Å². The van der Waals surface area contributed by atoms with Gasteiger partial charge >= 0.3 is 0 Å². The first-order valence-electron chi connectivity index (χ1n) is 6.38. The van der Waals surface area contributed by atoms with Gasteiger partial charge in [-0.15, -0.1) is 0 Å². The molecule has 5 heteroatoms. The summed E-state index contributed by atoms with van der Waals surface area (Å²) in [5, 5.41) is 2.86. The predicted molar refractivity (Wildman–Crippen MR) is 73.7 cm³/mol. The van der Waals surface area contributed by atoms with Crippen molar-refractivity contribution >= 4 is 17.5 Å². The molecule has 0 radical (unpaired) electrons. The Balaban J connectivity index is 1.99. The van der Waals surface area contributed by atoms with E-state index in [0.29, 0.717) is 17.3 Å². The molecule has 0 atom stereocenters. The van der Waals surface area contributed by atoms with Crippen LogP contribution >= 0.6 is 0 Å². The van der Waals surface area contributed by atoms with Crippen molar-refractivity contribution in [3.8, 4) is 0 Å². The Morgan fingerprint density at radius 3 is 2.68 bits per heavy atom. The maximum absolute atomic E-state index is 12.2. The molecule has 1 fully saturated rings. The third kappa shape index (κ3) is 3.47. The summed E-state index contributed by atoms with van der Waals surface area (Å²) in [5.41, 5.74) is 7.68. The molecule has 0 saturated heterocycles. The minimum Gasteiger partial charge on any atom is -0.399 e. The number of rotatable bonds is 4. The molecule has 1 aromatic carbocycles. The van der Waals surface area contributed by atoms with Gasteiger partial charge in [0, 0.05) is 24.3 Å². The molecule has 1 saturated carbocycles. The van der Waals surface area contributed by atoms with Crippen LogP contribution in [0, 0.1) is 6.92 Å². The summed E-state index contributed by atoms with van der Waals surface area (Å²) in [7, 11) is 1.63. The third-order valence-corrected chi connectivity index (χ3v) is 3.15. The Bertz CT molecular complexity index is 509. The molecule has 1 aliphatic rings. The third-order valence-electron chi connectivity index (χ3n) is 3.15. The number of aryl methyl sites for hydroxylation is 1. The maximum Gasteiger partial charge on any atom is 0.254 e. The molecule has 0 aromatic heterocycles. The summed E-state index contributed by atoms with van der Waals surface area (Å²) in [6.07, 6.45) is 2.08. The van der Waals surface area contributed by atoms with Gasteiger partial charge in [-0.1, -0.05) is 0 Å². The van der Waals surface area contributed by atoms with E-state index in [1.54, 1.807) is 25.2 Å². The Morgan fingerprint density at radius 1 is 1.42 bits per heavy atom. The molecule has 0 unspecified atom stereocenters. The van der Waals surface area contributed by atoms with Crippen molar-refractivity contribution in [1.29, 1.82) is 0 Å². The van der Waals surface area contributed by atoms with Crippen LogP contribution in [-0.2, 0) is 4.79 Å². The largest absolute Gasteiger partial charge is 0.399 e. The van der Waals surface area contributed by atoms with Gasteiger partial charge in [-0.05, 0) is 43.5 Å². The highest BCUT2D eigenvalue weighted by Gasteiger charge is 2.24. The smallest absolute Gasteiger partial charge is 0.254 e. The van der Waals surface area contributed by atoms with Gasteiger partial charge in [-0.25, -0.2) is 0 Å². The van der Waals surface area contributed by atoms with Crippen LogP contribution in [0.25, 0.3) is 0 Å². The lowest BCUT2D eigenvalue weighted by Gasteiger charge is -2.18. The maximum atomic E-state index is 12.2. The zero-order valence-electron chi connectivity index (χ0n) is 11.3. The van der Waals surface area contributed by atoms with Crippen molar-refractivity contribution in [2.75, 3.05) is 19.3 Å². The number of nitrogen functional groups attached to an aromatic ring is 1. The molecule has 1 aliphatic carbocycles. The van der Waals surface area contributed by atoms with E-state index in [2.05, 4.69) is 5.32 Å². The highest BCUT2D eigenvalue weighted by atomic mass is 16.2. The first-order valence-corrected chi connectivity index (χ1v) is 6.38. The highest BCUT2D eigenvalue weighted by Crippen LogP contribution is 2.18. The number of carbonyl (C=O) groups is 2. The number of benzene rings is 1. The van der Waals surface area contributed by atoms with Gasteiger partial charge in [0.2, 0.25) is 5.91 Å². The second-order valence-electron chi connectivity index (χ2n) is 5.08. The molecule has 0 bridgehead atoms. The molecule has 1 aromatic rings. The van der Waals surface area contributed by atoms with Crippen molar-refractivity contribution in [2.24, 2.45) is 0 Å². The summed E-state index contributed by atoms with van der Waals surface area (Å²) in [5.74, 6) is -0.269. The summed E-state index contributed by atoms with van der Waals surface area (Å²) in [6, 6.07) is 5.46. The van der Waals surface area contributed by atoms with E-state index in [4.69, 9.17) is 5.73 Å². The molecule has 0 spiro atoms. The molecule has 2 amide bonds. The molecule has 5 nitrogen and oxygen atoms in total. The van der Waals surface area contributed by atoms with Crippen LogP contribution in [0.3, 0.4) is 0 Å². The summed E-state index contributed by atoms with van der Waals surface area (Å²) < 4.78 is 0. The number of amides is 2. The van der Waals surface area contributed by atoms with Crippen LogP contribution in [0.5, 0.6) is 0 Å². The number of nitrogens with one attached hydrogen (secondary N) is 1. The van der Waals surface area contributed by atoms with Gasteiger partial charge in [-0.3, -0.25) is 9.59 Å². The number of hydrogen-bond donors (Lipinski definition) is 2. The van der Waals surface area contributed by atoms with Crippen molar-refractivity contribution in [3.05, 3.63) is 29.3 Å². The second-order valence-corrected chi connectivity index (χ2v) is 5.08. The molecule has 0 heterocycles. The highest BCUT2D eigenvalue weighted by molar-refractivity contribution is 5.97. The molecule has 19 heavy (non-hydrogen) atoms. The fraction of sp³-hybridized carbons (Fsp3) is 0.429. The lowest BCUT2D eigenvalue weighted by atomic mass is 10.1. The van der Waals surface area contributed by atoms with Crippen LogP contribution in [0.2, 0.25) is 0 Å². The second kappa shape index (κ2) is 5.30. The normalized spacial score (nSPS) is 14.0. The summed E-state index contributed by atoms with van der Waals surface area (Å²) in [6.45, 7) is 1.92. The summed E-state index contributed by atoms with van der Waals surface area (Å²) in [4.78, 5) is 25.3. The van der Waals surface area contributed by atoms with Crippen molar-refractivity contribution in [2.45, 2.75) is 25.8 Å². The lowest BCUT2D eigenvalue weighted by molar-refractivity contribution is -0.121. The number of likely N-dealkylation sites (N-methyl/N-ethyl adjacent to an activating group) is 1. The van der Waals surface area contributed by atoms with Gasteiger partial charge in [0.1, 0.15) is 0 Å². The molecule has 2 rings (SSSR count). The Labute approximate surface area is 112 Å².